The van der Waals surface area contributed by atoms with Gasteiger partial charge >= 0.3 is 0 Å². The number of allylic oxidation sites excluding steroid dienone is 1. The molecule has 6 heteroatoms. The van der Waals surface area contributed by atoms with Crippen LogP contribution in [0.15, 0.2) is 41.5 Å². The molecule has 21 heavy (non-hydrogen) atoms. The third-order valence-electron chi connectivity index (χ3n) is 2.88. The SMILES string of the molecule is Cc1cc2c(=O)[nH]c(/C=C/C(=O)c3cccnc3)nc2s1. The van der Waals surface area contributed by atoms with Crippen molar-refractivity contribution in [2.75, 3.05) is 0 Å². The van der Waals surface area contributed by atoms with Gasteiger partial charge in [0, 0.05) is 22.8 Å². The maximum atomic E-state index is 11.9. The molecule has 0 saturated carbocycles. The van der Waals surface area contributed by atoms with Crippen LogP contribution in [0.25, 0.3) is 16.3 Å². The normalized spacial score (nSPS) is 11.3. The highest BCUT2D eigenvalue weighted by atomic mass is 32.1. The first kappa shape index (κ1) is 13.4. The monoisotopic (exact) mass is 297 g/mol. The van der Waals surface area contributed by atoms with E-state index in [-0.39, 0.29) is 11.3 Å². The number of thiophene rings is 1. The summed E-state index contributed by atoms with van der Waals surface area (Å²) in [5.74, 6) is 0.180. The zero-order valence-corrected chi connectivity index (χ0v) is 12.0. The predicted molar refractivity (Wildman–Crippen MR) is 82.6 cm³/mol. The fraction of sp³-hybridized carbons (Fsp3) is 0.0667. The molecule has 3 aromatic rings. The fourth-order valence-electron chi connectivity index (χ4n) is 1.91. The van der Waals surface area contributed by atoms with Gasteiger partial charge < -0.3 is 4.98 Å². The Kier molecular flexibility index (Phi) is 3.45. The van der Waals surface area contributed by atoms with Crippen LogP contribution in [0, 0.1) is 6.92 Å². The number of ketones is 1. The molecule has 3 aromatic heterocycles. The fourth-order valence-corrected chi connectivity index (χ4v) is 2.79. The third-order valence-corrected chi connectivity index (χ3v) is 3.83. The van der Waals surface area contributed by atoms with Crippen LogP contribution in [-0.4, -0.2) is 20.7 Å². The predicted octanol–water partition coefficient (Wildman–Crippen LogP) is 2.58. The number of H-pyrrole nitrogens is 1. The van der Waals surface area contributed by atoms with Crippen LogP contribution in [0.2, 0.25) is 0 Å². The first-order chi connectivity index (χ1) is 10.1. The van der Waals surface area contributed by atoms with Gasteiger partial charge in [0.15, 0.2) is 5.78 Å². The molecule has 0 unspecified atom stereocenters. The van der Waals surface area contributed by atoms with Crippen molar-refractivity contribution in [3.05, 3.63) is 63.3 Å². The average Bonchev–Trinajstić information content (AvgIpc) is 2.87. The average molecular weight is 297 g/mol. The van der Waals surface area contributed by atoms with Crippen molar-refractivity contribution < 1.29 is 4.79 Å². The van der Waals surface area contributed by atoms with Crippen molar-refractivity contribution in [1.29, 1.82) is 0 Å². The Morgan fingerprint density at radius 1 is 1.43 bits per heavy atom. The summed E-state index contributed by atoms with van der Waals surface area (Å²) in [5, 5.41) is 0.577. The number of nitrogens with zero attached hydrogens (tertiary/aromatic N) is 2. The van der Waals surface area contributed by atoms with Crippen molar-refractivity contribution in [2.24, 2.45) is 0 Å². The van der Waals surface area contributed by atoms with Crippen molar-refractivity contribution in [3.8, 4) is 0 Å². The molecule has 0 amide bonds. The standard InChI is InChI=1S/C15H11N3O2S/c1-9-7-11-14(20)17-13(18-15(11)21-9)5-4-12(19)10-3-2-6-16-8-10/h2-8H,1H3,(H,17,18,20)/b5-4+. The summed E-state index contributed by atoms with van der Waals surface area (Å²) >= 11 is 1.45. The van der Waals surface area contributed by atoms with Crippen LogP contribution in [0.1, 0.15) is 21.1 Å². The molecule has 0 aromatic carbocycles. The highest BCUT2D eigenvalue weighted by Crippen LogP contribution is 2.19. The number of aromatic amines is 1. The number of rotatable bonds is 3. The third kappa shape index (κ3) is 2.80. The lowest BCUT2D eigenvalue weighted by molar-refractivity contribution is 0.104. The Bertz CT molecular complexity index is 894. The topological polar surface area (TPSA) is 75.7 Å². The number of pyridine rings is 1. The largest absolute Gasteiger partial charge is 0.306 e. The van der Waals surface area contributed by atoms with Crippen LogP contribution < -0.4 is 5.56 Å². The van der Waals surface area contributed by atoms with Crippen molar-refractivity contribution in [2.45, 2.75) is 6.92 Å². The number of aryl methyl sites for hydroxylation is 1. The summed E-state index contributed by atoms with van der Waals surface area (Å²) in [5.41, 5.74) is 0.293. The molecule has 0 spiro atoms. The molecule has 5 nitrogen and oxygen atoms in total. The summed E-state index contributed by atoms with van der Waals surface area (Å²) in [6.45, 7) is 1.92. The molecule has 0 aliphatic rings. The number of carbonyl (C=O) groups is 1. The van der Waals surface area contributed by atoms with Gasteiger partial charge in [-0.25, -0.2) is 4.98 Å². The summed E-state index contributed by atoms with van der Waals surface area (Å²) < 4.78 is 0. The van der Waals surface area contributed by atoms with Crippen molar-refractivity contribution >= 4 is 33.4 Å². The molecule has 1 N–H and O–H groups in total. The number of carbonyl (C=O) groups excluding carboxylic acids is 1. The summed E-state index contributed by atoms with van der Waals surface area (Å²) in [6, 6.07) is 5.18. The minimum atomic E-state index is -0.196. The van der Waals surface area contributed by atoms with Crippen LogP contribution >= 0.6 is 11.3 Å². The van der Waals surface area contributed by atoms with Gasteiger partial charge in [-0.1, -0.05) is 0 Å². The van der Waals surface area contributed by atoms with Gasteiger partial charge in [-0.3, -0.25) is 14.6 Å². The molecule has 0 fully saturated rings. The van der Waals surface area contributed by atoms with E-state index in [2.05, 4.69) is 15.0 Å². The van der Waals surface area contributed by atoms with Gasteiger partial charge in [-0.05, 0) is 37.3 Å². The molecule has 3 rings (SSSR count). The summed E-state index contributed by atoms with van der Waals surface area (Å²) in [7, 11) is 0. The summed E-state index contributed by atoms with van der Waals surface area (Å²) in [6.07, 6.45) is 5.98. The minimum absolute atomic E-state index is 0.187. The van der Waals surface area contributed by atoms with E-state index in [1.807, 2.05) is 6.92 Å². The van der Waals surface area contributed by atoms with E-state index in [9.17, 15) is 9.59 Å². The van der Waals surface area contributed by atoms with Gasteiger partial charge in [0.25, 0.3) is 5.56 Å². The van der Waals surface area contributed by atoms with Crippen molar-refractivity contribution in [3.63, 3.8) is 0 Å². The Balaban J connectivity index is 1.93. The van der Waals surface area contributed by atoms with Crippen LogP contribution in [0.5, 0.6) is 0 Å². The summed E-state index contributed by atoms with van der Waals surface area (Å²) in [4.78, 5) is 36.4. The first-order valence-electron chi connectivity index (χ1n) is 6.26. The van der Waals surface area contributed by atoms with Gasteiger partial charge in [-0.15, -0.1) is 11.3 Å². The van der Waals surface area contributed by atoms with Crippen LogP contribution in [-0.2, 0) is 0 Å². The molecular formula is C15H11N3O2S. The van der Waals surface area contributed by atoms with E-state index in [0.717, 1.165) is 4.88 Å². The van der Waals surface area contributed by atoms with Crippen LogP contribution in [0.4, 0.5) is 0 Å². The van der Waals surface area contributed by atoms with Gasteiger partial charge in [0.1, 0.15) is 10.7 Å². The molecule has 0 radical (unpaired) electrons. The Labute approximate surface area is 124 Å². The number of nitrogens with one attached hydrogen (secondary N) is 1. The van der Waals surface area contributed by atoms with Gasteiger partial charge in [0.05, 0.1) is 5.39 Å². The lowest BCUT2D eigenvalue weighted by Crippen LogP contribution is -2.08. The highest BCUT2D eigenvalue weighted by Gasteiger charge is 2.06. The number of hydrogen-bond donors (Lipinski definition) is 1. The first-order valence-corrected chi connectivity index (χ1v) is 7.08. The molecule has 3 heterocycles. The maximum absolute atomic E-state index is 11.9. The zero-order chi connectivity index (χ0) is 14.8. The molecule has 0 aliphatic carbocycles. The van der Waals surface area contributed by atoms with E-state index >= 15 is 0 Å². The smallest absolute Gasteiger partial charge is 0.259 e. The molecule has 104 valence electrons. The lowest BCUT2D eigenvalue weighted by atomic mass is 10.2. The number of aromatic nitrogens is 3. The highest BCUT2D eigenvalue weighted by molar-refractivity contribution is 7.18. The van der Waals surface area contributed by atoms with E-state index in [0.29, 0.717) is 21.6 Å². The second-order valence-electron chi connectivity index (χ2n) is 4.47. The van der Waals surface area contributed by atoms with E-state index in [1.165, 1.54) is 29.7 Å². The maximum Gasteiger partial charge on any atom is 0.259 e. The molecular weight excluding hydrogens is 286 g/mol. The van der Waals surface area contributed by atoms with Gasteiger partial charge in [0.2, 0.25) is 0 Å². The minimum Gasteiger partial charge on any atom is -0.306 e. The molecule has 0 saturated heterocycles. The van der Waals surface area contributed by atoms with E-state index < -0.39 is 0 Å². The number of fused-ring (bicyclic) bond motifs is 1. The lowest BCUT2D eigenvalue weighted by Gasteiger charge is -1.95. The Morgan fingerprint density at radius 3 is 3.05 bits per heavy atom. The number of hydrogen-bond acceptors (Lipinski definition) is 5. The molecule has 0 atom stereocenters. The molecule has 0 bridgehead atoms. The second-order valence-corrected chi connectivity index (χ2v) is 5.70. The second kappa shape index (κ2) is 5.41. The molecule has 0 aliphatic heterocycles. The van der Waals surface area contributed by atoms with Crippen molar-refractivity contribution in [1.82, 2.24) is 15.0 Å². The zero-order valence-electron chi connectivity index (χ0n) is 11.2. The van der Waals surface area contributed by atoms with E-state index in [4.69, 9.17) is 0 Å². The Hall–Kier alpha value is -2.60. The quantitative estimate of drug-likeness (QED) is 0.595. The van der Waals surface area contributed by atoms with Gasteiger partial charge in [-0.2, -0.15) is 0 Å². The van der Waals surface area contributed by atoms with E-state index in [1.54, 1.807) is 24.4 Å². The Morgan fingerprint density at radius 2 is 2.29 bits per heavy atom. The van der Waals surface area contributed by atoms with Crippen LogP contribution in [0.3, 0.4) is 0 Å².